The quantitative estimate of drug-likeness (QED) is 0.548. The van der Waals surface area contributed by atoms with Crippen LogP contribution in [0.2, 0.25) is 0 Å². The molecule has 0 fully saturated rings. The molecule has 0 atom stereocenters. The highest BCUT2D eigenvalue weighted by molar-refractivity contribution is 5.54. The van der Waals surface area contributed by atoms with Crippen LogP contribution in [0.1, 0.15) is 46.0 Å². The molecule has 12 heavy (non-hydrogen) atoms. The van der Waals surface area contributed by atoms with Crippen molar-refractivity contribution in [3.63, 3.8) is 0 Å². The van der Waals surface area contributed by atoms with Crippen LogP contribution in [0.4, 0.5) is 0 Å². The Morgan fingerprint density at radius 3 is 2.67 bits per heavy atom. The van der Waals surface area contributed by atoms with Gasteiger partial charge in [-0.1, -0.05) is 31.1 Å². The van der Waals surface area contributed by atoms with Crippen LogP contribution >= 0.6 is 0 Å². The molecule has 0 saturated carbocycles. The second-order valence-electron chi connectivity index (χ2n) is 3.86. The van der Waals surface area contributed by atoms with Crippen molar-refractivity contribution in [2.24, 2.45) is 0 Å². The van der Waals surface area contributed by atoms with E-state index in [1.165, 1.54) is 32.1 Å². The lowest BCUT2D eigenvalue weighted by Gasteiger charge is -2.17. The maximum Gasteiger partial charge on any atom is 0.0229 e. The lowest BCUT2D eigenvalue weighted by atomic mass is 9.87. The van der Waals surface area contributed by atoms with E-state index in [0.717, 1.165) is 0 Å². The van der Waals surface area contributed by atoms with E-state index in [-0.39, 0.29) is 0 Å². The molecule has 2 aliphatic rings. The summed E-state index contributed by atoms with van der Waals surface area (Å²) in [5.41, 5.74) is 4.91. The average molecular weight is 161 g/mol. The molecule has 0 N–H and O–H groups in total. The predicted molar refractivity (Wildman–Crippen MR) is 52.8 cm³/mol. The second kappa shape index (κ2) is 3.08. The van der Waals surface area contributed by atoms with Gasteiger partial charge in [-0.3, -0.25) is 0 Å². The maximum absolute atomic E-state index is 2.43. The molecule has 0 heterocycles. The van der Waals surface area contributed by atoms with Gasteiger partial charge in [-0.15, -0.1) is 0 Å². The summed E-state index contributed by atoms with van der Waals surface area (Å²) in [5, 5.41) is 0. The maximum atomic E-state index is 2.43. The normalized spacial score (nSPS) is 24.3. The SMILES string of the molecule is CCC1=CC2=C(CCCC2)[C]1C. The van der Waals surface area contributed by atoms with Crippen molar-refractivity contribution in [3.05, 3.63) is 28.7 Å². The molecule has 0 amide bonds. The summed E-state index contributed by atoms with van der Waals surface area (Å²) in [6.07, 6.45) is 9.11. The van der Waals surface area contributed by atoms with E-state index in [1.807, 2.05) is 0 Å². The van der Waals surface area contributed by atoms with Crippen molar-refractivity contribution in [3.8, 4) is 0 Å². The average Bonchev–Trinajstić information content (AvgIpc) is 2.44. The van der Waals surface area contributed by atoms with Crippen LogP contribution in [0.25, 0.3) is 0 Å². The molecule has 0 nitrogen and oxygen atoms in total. The van der Waals surface area contributed by atoms with Crippen LogP contribution in [0.5, 0.6) is 0 Å². The summed E-state index contributed by atoms with van der Waals surface area (Å²) in [7, 11) is 0. The molecule has 2 rings (SSSR count). The molecular weight excluding hydrogens is 144 g/mol. The Labute approximate surface area is 75.4 Å². The van der Waals surface area contributed by atoms with Crippen molar-refractivity contribution in [2.45, 2.75) is 46.0 Å². The summed E-state index contributed by atoms with van der Waals surface area (Å²) in [4.78, 5) is 0. The van der Waals surface area contributed by atoms with Crippen LogP contribution < -0.4 is 0 Å². The van der Waals surface area contributed by atoms with Gasteiger partial charge in [0.2, 0.25) is 0 Å². The van der Waals surface area contributed by atoms with Gasteiger partial charge in [0, 0.05) is 5.92 Å². The summed E-state index contributed by atoms with van der Waals surface area (Å²) in [6.45, 7) is 4.55. The van der Waals surface area contributed by atoms with E-state index >= 15 is 0 Å². The van der Waals surface area contributed by atoms with Crippen molar-refractivity contribution >= 4 is 0 Å². The van der Waals surface area contributed by atoms with Crippen molar-refractivity contribution in [2.75, 3.05) is 0 Å². The third kappa shape index (κ3) is 1.14. The van der Waals surface area contributed by atoms with Crippen molar-refractivity contribution < 1.29 is 0 Å². The zero-order valence-electron chi connectivity index (χ0n) is 8.11. The Morgan fingerprint density at radius 2 is 2.00 bits per heavy atom. The fourth-order valence-electron chi connectivity index (χ4n) is 2.40. The Morgan fingerprint density at radius 1 is 1.25 bits per heavy atom. The van der Waals surface area contributed by atoms with E-state index in [2.05, 4.69) is 19.9 Å². The third-order valence-corrected chi connectivity index (χ3v) is 3.17. The minimum absolute atomic E-state index is 1.21. The highest BCUT2D eigenvalue weighted by Crippen LogP contribution is 2.42. The van der Waals surface area contributed by atoms with Crippen LogP contribution in [0.3, 0.4) is 0 Å². The second-order valence-corrected chi connectivity index (χ2v) is 3.86. The summed E-state index contributed by atoms with van der Waals surface area (Å²) in [6, 6.07) is 0. The standard InChI is InChI=1S/C12H17/c1-3-10-8-11-6-4-5-7-12(11)9(10)2/h8H,3-7H2,1-2H3. The Hall–Kier alpha value is -0.520. The number of rotatable bonds is 1. The first-order chi connectivity index (χ1) is 5.83. The van der Waals surface area contributed by atoms with E-state index < -0.39 is 0 Å². The lowest BCUT2D eigenvalue weighted by molar-refractivity contribution is 0.684. The molecule has 0 aromatic rings. The first kappa shape index (κ1) is 8.10. The molecular formula is C12H17. The van der Waals surface area contributed by atoms with Gasteiger partial charge in [-0.2, -0.15) is 0 Å². The molecule has 0 aliphatic heterocycles. The molecule has 0 aromatic carbocycles. The first-order valence-corrected chi connectivity index (χ1v) is 5.10. The number of hydrogen-bond donors (Lipinski definition) is 0. The minimum Gasteiger partial charge on any atom is -0.0616 e. The summed E-state index contributed by atoms with van der Waals surface area (Å²) >= 11 is 0. The Kier molecular flexibility index (Phi) is 2.08. The summed E-state index contributed by atoms with van der Waals surface area (Å²) < 4.78 is 0. The van der Waals surface area contributed by atoms with Gasteiger partial charge in [0.15, 0.2) is 0 Å². The van der Waals surface area contributed by atoms with Gasteiger partial charge in [0.05, 0.1) is 0 Å². The molecule has 0 aromatic heterocycles. The van der Waals surface area contributed by atoms with Crippen LogP contribution in [-0.4, -0.2) is 0 Å². The topological polar surface area (TPSA) is 0 Å². The first-order valence-electron chi connectivity index (χ1n) is 5.10. The fraction of sp³-hybridized carbons (Fsp3) is 0.583. The predicted octanol–water partition coefficient (Wildman–Crippen LogP) is 3.80. The molecule has 0 unspecified atom stereocenters. The van der Waals surface area contributed by atoms with Gasteiger partial charge < -0.3 is 0 Å². The van der Waals surface area contributed by atoms with Crippen molar-refractivity contribution in [1.82, 2.24) is 0 Å². The zero-order chi connectivity index (χ0) is 8.55. The largest absolute Gasteiger partial charge is 0.0616 e. The zero-order valence-corrected chi connectivity index (χ0v) is 8.11. The lowest BCUT2D eigenvalue weighted by Crippen LogP contribution is -2.00. The van der Waals surface area contributed by atoms with Gasteiger partial charge in [0.25, 0.3) is 0 Å². The van der Waals surface area contributed by atoms with E-state index in [4.69, 9.17) is 0 Å². The van der Waals surface area contributed by atoms with Gasteiger partial charge >= 0.3 is 0 Å². The molecule has 2 aliphatic carbocycles. The molecule has 65 valence electrons. The van der Waals surface area contributed by atoms with Crippen LogP contribution in [-0.2, 0) is 0 Å². The number of allylic oxidation sites excluding steroid dienone is 4. The Bertz CT molecular complexity index is 243. The third-order valence-electron chi connectivity index (χ3n) is 3.17. The fourth-order valence-corrected chi connectivity index (χ4v) is 2.40. The molecule has 0 spiro atoms. The van der Waals surface area contributed by atoms with Crippen LogP contribution in [0, 0.1) is 5.92 Å². The minimum atomic E-state index is 1.21. The summed E-state index contributed by atoms with van der Waals surface area (Å²) in [5.74, 6) is 1.59. The van der Waals surface area contributed by atoms with Crippen molar-refractivity contribution in [1.29, 1.82) is 0 Å². The highest BCUT2D eigenvalue weighted by Gasteiger charge is 2.24. The van der Waals surface area contributed by atoms with E-state index in [0.29, 0.717) is 0 Å². The highest BCUT2D eigenvalue weighted by atomic mass is 14.3. The smallest absolute Gasteiger partial charge is 0.0229 e. The monoisotopic (exact) mass is 161 g/mol. The van der Waals surface area contributed by atoms with E-state index in [9.17, 15) is 0 Å². The van der Waals surface area contributed by atoms with Gasteiger partial charge in [-0.05, 0) is 37.7 Å². The van der Waals surface area contributed by atoms with Gasteiger partial charge in [-0.25, -0.2) is 0 Å². The Balaban J connectivity index is 2.24. The van der Waals surface area contributed by atoms with Crippen LogP contribution in [0.15, 0.2) is 22.8 Å². The molecule has 0 saturated heterocycles. The van der Waals surface area contributed by atoms with Gasteiger partial charge in [0.1, 0.15) is 0 Å². The molecule has 1 radical (unpaired) electrons. The number of hydrogen-bond acceptors (Lipinski definition) is 0. The van der Waals surface area contributed by atoms with E-state index in [1.54, 1.807) is 22.6 Å². The molecule has 0 bridgehead atoms. The molecule has 0 heteroatoms.